The minimum absolute atomic E-state index is 0.911. The van der Waals surface area contributed by atoms with Gasteiger partial charge in [-0.05, 0) is 26.0 Å². The highest BCUT2D eigenvalue weighted by molar-refractivity contribution is 7.16. The Kier molecular flexibility index (Phi) is 2.65. The van der Waals surface area contributed by atoms with Crippen molar-refractivity contribution < 1.29 is 0 Å². The highest BCUT2D eigenvalue weighted by Gasteiger charge is 2.14. The average Bonchev–Trinajstić information content (AvgIpc) is 3.12. The lowest BCUT2D eigenvalue weighted by Gasteiger charge is -2.04. The van der Waals surface area contributed by atoms with Crippen molar-refractivity contribution in [3.63, 3.8) is 0 Å². The van der Waals surface area contributed by atoms with E-state index in [0.717, 1.165) is 32.6 Å². The molecule has 104 valence electrons. The quantitative estimate of drug-likeness (QED) is 0.570. The predicted molar refractivity (Wildman–Crippen MR) is 82.9 cm³/mol. The van der Waals surface area contributed by atoms with E-state index in [1.165, 1.54) is 0 Å². The van der Waals surface area contributed by atoms with Crippen LogP contribution < -0.4 is 0 Å². The molecule has 0 aliphatic heterocycles. The monoisotopic (exact) mass is 295 g/mol. The smallest absolute Gasteiger partial charge is 0.212 e. The van der Waals surface area contributed by atoms with Gasteiger partial charge in [-0.25, -0.2) is 14.2 Å². The van der Waals surface area contributed by atoms with Gasteiger partial charge in [-0.1, -0.05) is 29.5 Å². The lowest BCUT2D eigenvalue weighted by molar-refractivity contribution is 0.847. The van der Waals surface area contributed by atoms with E-state index >= 15 is 0 Å². The Morgan fingerprint density at radius 3 is 2.67 bits per heavy atom. The SMILES string of the molecule is Cc1nn2cc(-c3cnn(-c4ccccc4)c3C)nc2s1. The van der Waals surface area contributed by atoms with Crippen molar-refractivity contribution in [2.45, 2.75) is 13.8 Å². The lowest BCUT2D eigenvalue weighted by Crippen LogP contribution is -1.98. The number of para-hydroxylation sites is 1. The Morgan fingerprint density at radius 1 is 1.10 bits per heavy atom. The maximum atomic E-state index is 4.64. The van der Waals surface area contributed by atoms with E-state index in [2.05, 4.69) is 22.1 Å². The first-order valence-corrected chi connectivity index (χ1v) is 7.47. The standard InChI is InChI=1S/C15H13N5S/c1-10-13(8-16-20(10)12-6-4-3-5-7-12)14-9-19-15(17-14)21-11(2)18-19/h3-9H,1-2H3. The fourth-order valence-electron chi connectivity index (χ4n) is 2.42. The molecule has 0 spiro atoms. The van der Waals surface area contributed by atoms with Gasteiger partial charge in [0.15, 0.2) is 0 Å². The first kappa shape index (κ1) is 12.3. The van der Waals surface area contributed by atoms with Crippen molar-refractivity contribution in [3.05, 3.63) is 53.4 Å². The van der Waals surface area contributed by atoms with E-state index < -0.39 is 0 Å². The van der Waals surface area contributed by atoms with Gasteiger partial charge >= 0.3 is 0 Å². The Bertz CT molecular complexity index is 885. The summed E-state index contributed by atoms with van der Waals surface area (Å²) < 4.78 is 3.76. The molecular weight excluding hydrogens is 282 g/mol. The van der Waals surface area contributed by atoms with Gasteiger partial charge in [-0.2, -0.15) is 10.2 Å². The van der Waals surface area contributed by atoms with E-state index in [4.69, 9.17) is 0 Å². The summed E-state index contributed by atoms with van der Waals surface area (Å²) in [5, 5.41) is 9.90. The minimum atomic E-state index is 0.911. The molecule has 6 heteroatoms. The van der Waals surface area contributed by atoms with Crippen molar-refractivity contribution in [1.82, 2.24) is 24.4 Å². The molecule has 0 bridgehead atoms. The van der Waals surface area contributed by atoms with Gasteiger partial charge in [0, 0.05) is 5.56 Å². The molecule has 1 aromatic carbocycles. The number of benzene rings is 1. The molecule has 0 aliphatic rings. The zero-order valence-electron chi connectivity index (χ0n) is 11.7. The molecule has 4 rings (SSSR count). The second kappa shape index (κ2) is 4.53. The van der Waals surface area contributed by atoms with Crippen LogP contribution in [0.2, 0.25) is 0 Å². The Labute approximate surface area is 125 Å². The van der Waals surface area contributed by atoms with E-state index in [0.29, 0.717) is 0 Å². The second-order valence-electron chi connectivity index (χ2n) is 4.87. The Hall–Kier alpha value is -2.47. The third kappa shape index (κ3) is 1.95. The van der Waals surface area contributed by atoms with E-state index in [9.17, 15) is 0 Å². The largest absolute Gasteiger partial charge is 0.237 e. The Morgan fingerprint density at radius 2 is 1.90 bits per heavy atom. The lowest BCUT2D eigenvalue weighted by atomic mass is 10.2. The molecule has 3 aromatic heterocycles. The molecule has 0 radical (unpaired) electrons. The molecule has 0 fully saturated rings. The van der Waals surface area contributed by atoms with Crippen LogP contribution in [0.5, 0.6) is 0 Å². The number of imidazole rings is 1. The molecule has 0 saturated heterocycles. The maximum absolute atomic E-state index is 4.64. The number of rotatable bonds is 2. The van der Waals surface area contributed by atoms with Gasteiger partial charge in [0.2, 0.25) is 4.96 Å². The fourth-order valence-corrected chi connectivity index (χ4v) is 3.14. The molecule has 0 saturated carbocycles. The molecule has 3 heterocycles. The zero-order valence-corrected chi connectivity index (χ0v) is 12.5. The normalized spacial score (nSPS) is 11.3. The number of aromatic nitrogens is 5. The number of hydrogen-bond acceptors (Lipinski definition) is 4. The molecule has 4 aromatic rings. The highest BCUT2D eigenvalue weighted by Crippen LogP contribution is 2.26. The van der Waals surface area contributed by atoms with Crippen molar-refractivity contribution in [3.8, 4) is 16.9 Å². The fraction of sp³-hybridized carbons (Fsp3) is 0.133. The van der Waals surface area contributed by atoms with Crippen molar-refractivity contribution in [2.75, 3.05) is 0 Å². The summed E-state index contributed by atoms with van der Waals surface area (Å²) >= 11 is 1.59. The molecule has 21 heavy (non-hydrogen) atoms. The predicted octanol–water partition coefficient (Wildman–Crippen LogP) is 3.26. The van der Waals surface area contributed by atoms with Gasteiger partial charge in [-0.3, -0.25) is 0 Å². The van der Waals surface area contributed by atoms with Crippen LogP contribution in [-0.2, 0) is 0 Å². The summed E-state index contributed by atoms with van der Waals surface area (Å²) in [6.45, 7) is 4.04. The number of aryl methyl sites for hydroxylation is 1. The summed E-state index contributed by atoms with van der Waals surface area (Å²) in [5.41, 5.74) is 4.07. The summed E-state index contributed by atoms with van der Waals surface area (Å²) in [7, 11) is 0. The van der Waals surface area contributed by atoms with Crippen LogP contribution in [0.25, 0.3) is 21.9 Å². The minimum Gasteiger partial charge on any atom is -0.237 e. The summed E-state index contributed by atoms with van der Waals surface area (Å²) in [6, 6.07) is 10.1. The number of fused-ring (bicyclic) bond motifs is 1. The first-order chi connectivity index (χ1) is 10.2. The summed E-state index contributed by atoms with van der Waals surface area (Å²) in [6.07, 6.45) is 3.82. The van der Waals surface area contributed by atoms with Gasteiger partial charge in [0.1, 0.15) is 5.01 Å². The average molecular weight is 295 g/mol. The van der Waals surface area contributed by atoms with E-state index in [1.807, 2.05) is 58.8 Å². The number of nitrogens with zero attached hydrogens (tertiary/aromatic N) is 5. The highest BCUT2D eigenvalue weighted by atomic mass is 32.1. The van der Waals surface area contributed by atoms with Crippen LogP contribution in [0.4, 0.5) is 0 Å². The van der Waals surface area contributed by atoms with Gasteiger partial charge in [-0.15, -0.1) is 0 Å². The molecule has 0 amide bonds. The zero-order chi connectivity index (χ0) is 14.4. The van der Waals surface area contributed by atoms with Crippen molar-refractivity contribution >= 4 is 16.3 Å². The second-order valence-corrected chi connectivity index (χ2v) is 6.03. The molecule has 0 atom stereocenters. The van der Waals surface area contributed by atoms with Crippen LogP contribution in [0.1, 0.15) is 10.7 Å². The van der Waals surface area contributed by atoms with Gasteiger partial charge in [0.25, 0.3) is 0 Å². The summed E-state index contributed by atoms with van der Waals surface area (Å²) in [4.78, 5) is 5.55. The van der Waals surface area contributed by atoms with Crippen LogP contribution >= 0.6 is 11.3 Å². The van der Waals surface area contributed by atoms with E-state index in [-0.39, 0.29) is 0 Å². The van der Waals surface area contributed by atoms with Crippen LogP contribution in [0.15, 0.2) is 42.7 Å². The van der Waals surface area contributed by atoms with Gasteiger partial charge in [0.05, 0.1) is 29.5 Å². The van der Waals surface area contributed by atoms with Crippen molar-refractivity contribution in [1.29, 1.82) is 0 Å². The topological polar surface area (TPSA) is 48.0 Å². The number of hydrogen-bond donors (Lipinski definition) is 0. The van der Waals surface area contributed by atoms with Crippen LogP contribution in [0, 0.1) is 13.8 Å². The maximum Gasteiger partial charge on any atom is 0.212 e. The molecular formula is C15H13N5S. The van der Waals surface area contributed by atoms with Crippen LogP contribution in [0.3, 0.4) is 0 Å². The molecule has 5 nitrogen and oxygen atoms in total. The van der Waals surface area contributed by atoms with Crippen molar-refractivity contribution in [2.24, 2.45) is 0 Å². The third-order valence-corrected chi connectivity index (χ3v) is 4.27. The first-order valence-electron chi connectivity index (χ1n) is 6.65. The third-order valence-electron chi connectivity index (χ3n) is 3.43. The van der Waals surface area contributed by atoms with Gasteiger partial charge < -0.3 is 0 Å². The van der Waals surface area contributed by atoms with E-state index in [1.54, 1.807) is 11.3 Å². The van der Waals surface area contributed by atoms with Crippen LogP contribution in [-0.4, -0.2) is 24.4 Å². The molecule has 0 N–H and O–H groups in total. The Balaban J connectivity index is 1.82. The molecule has 0 aliphatic carbocycles. The molecule has 0 unspecified atom stereocenters. The summed E-state index contributed by atoms with van der Waals surface area (Å²) in [5.74, 6) is 0.